The fraction of sp³-hybridized carbons (Fsp3) is 0.217. The van der Waals surface area contributed by atoms with Crippen molar-refractivity contribution in [2.45, 2.75) is 5.60 Å². The van der Waals surface area contributed by atoms with Crippen molar-refractivity contribution in [2.24, 2.45) is 7.05 Å². The zero-order valence-electron chi connectivity index (χ0n) is 17.9. The van der Waals surface area contributed by atoms with Crippen LogP contribution in [-0.4, -0.2) is 41.6 Å². The minimum atomic E-state index is -1.59. The van der Waals surface area contributed by atoms with Crippen LogP contribution in [0.1, 0.15) is 21.8 Å². The molecule has 3 heterocycles. The van der Waals surface area contributed by atoms with Crippen LogP contribution in [-0.2, 0) is 12.6 Å². The molecule has 0 fully saturated rings. The number of aryl methyl sites for hydroxylation is 1. The number of benzene rings is 1. The van der Waals surface area contributed by atoms with Crippen LogP contribution in [0.4, 0.5) is 0 Å². The number of nitrogens with zero attached hydrogens (tertiary/aromatic N) is 2. The maximum Gasteiger partial charge on any atom is 0.269 e. The van der Waals surface area contributed by atoms with Crippen LogP contribution in [0.3, 0.4) is 0 Å². The number of rotatable bonds is 8. The van der Waals surface area contributed by atoms with Crippen LogP contribution in [0.25, 0.3) is 11.3 Å². The van der Waals surface area contributed by atoms with Crippen molar-refractivity contribution in [3.05, 3.63) is 78.3 Å². The van der Waals surface area contributed by atoms with E-state index in [1.54, 1.807) is 63.7 Å². The second-order valence-electron chi connectivity index (χ2n) is 7.14. The monoisotopic (exact) mass is 437 g/mol. The Hall–Kier alpha value is -3.98. The molecule has 0 unspecified atom stereocenters. The van der Waals surface area contributed by atoms with Crippen molar-refractivity contribution >= 4 is 5.91 Å². The third kappa shape index (κ3) is 3.85. The summed E-state index contributed by atoms with van der Waals surface area (Å²) in [5.41, 5.74) is 0.402. The zero-order chi connectivity index (χ0) is 22.7. The van der Waals surface area contributed by atoms with Crippen LogP contribution in [0.2, 0.25) is 0 Å². The summed E-state index contributed by atoms with van der Waals surface area (Å²) in [5, 5.41) is 18.5. The van der Waals surface area contributed by atoms with Gasteiger partial charge in [-0.1, -0.05) is 0 Å². The van der Waals surface area contributed by atoms with Crippen molar-refractivity contribution in [1.29, 1.82) is 0 Å². The van der Waals surface area contributed by atoms with Crippen LogP contribution < -0.4 is 14.8 Å². The van der Waals surface area contributed by atoms with Gasteiger partial charge in [-0.05, 0) is 42.5 Å². The molecule has 0 radical (unpaired) electrons. The lowest BCUT2D eigenvalue weighted by molar-refractivity contribution is 0.0517. The van der Waals surface area contributed by atoms with Gasteiger partial charge < -0.3 is 28.7 Å². The Balaban J connectivity index is 1.59. The summed E-state index contributed by atoms with van der Waals surface area (Å²) in [6.45, 7) is -0.137. The normalized spacial score (nSPS) is 12.9. The van der Waals surface area contributed by atoms with Gasteiger partial charge in [0.25, 0.3) is 5.91 Å². The van der Waals surface area contributed by atoms with E-state index in [4.69, 9.17) is 18.3 Å². The van der Waals surface area contributed by atoms with Gasteiger partial charge in [-0.2, -0.15) is 5.10 Å². The molecule has 0 aliphatic carbocycles. The molecule has 0 bridgehead atoms. The van der Waals surface area contributed by atoms with Gasteiger partial charge in [0.1, 0.15) is 23.0 Å². The summed E-state index contributed by atoms with van der Waals surface area (Å²) in [7, 11) is 4.80. The number of carbonyl (C=O) groups excluding carboxylic acids is 1. The molecule has 1 aromatic carbocycles. The first-order chi connectivity index (χ1) is 15.5. The summed E-state index contributed by atoms with van der Waals surface area (Å²) < 4.78 is 22.7. The molecule has 3 aromatic heterocycles. The number of hydrogen-bond acceptors (Lipinski definition) is 7. The molecule has 32 heavy (non-hydrogen) atoms. The molecule has 0 saturated carbocycles. The molecule has 0 spiro atoms. The van der Waals surface area contributed by atoms with Crippen molar-refractivity contribution < 1.29 is 28.2 Å². The van der Waals surface area contributed by atoms with Gasteiger partial charge in [-0.15, -0.1) is 0 Å². The van der Waals surface area contributed by atoms with E-state index in [1.165, 1.54) is 23.5 Å². The zero-order valence-corrected chi connectivity index (χ0v) is 17.9. The molecule has 0 aliphatic heterocycles. The second kappa shape index (κ2) is 8.64. The molecule has 0 aliphatic rings. The number of nitrogens with one attached hydrogen (secondary N) is 1. The SMILES string of the molecule is COc1ccc(OC)c(-c2cc(C(=O)NC[C@@](O)(c3ccoc3)c3ccco3)n(C)n2)c1. The van der Waals surface area contributed by atoms with Crippen LogP contribution in [0.15, 0.2) is 70.1 Å². The number of aliphatic hydroxyl groups is 1. The molecule has 9 nitrogen and oxygen atoms in total. The van der Waals surface area contributed by atoms with Crippen molar-refractivity contribution in [3.8, 4) is 22.8 Å². The van der Waals surface area contributed by atoms with E-state index in [9.17, 15) is 9.90 Å². The van der Waals surface area contributed by atoms with E-state index in [0.717, 1.165) is 0 Å². The number of aromatic nitrogens is 2. The lowest BCUT2D eigenvalue weighted by Gasteiger charge is -2.25. The van der Waals surface area contributed by atoms with Gasteiger partial charge in [-0.3, -0.25) is 9.48 Å². The molecule has 1 amide bonds. The molecule has 166 valence electrons. The van der Waals surface area contributed by atoms with E-state index in [2.05, 4.69) is 10.4 Å². The highest BCUT2D eigenvalue weighted by Crippen LogP contribution is 2.33. The van der Waals surface area contributed by atoms with Crippen molar-refractivity contribution in [1.82, 2.24) is 15.1 Å². The van der Waals surface area contributed by atoms with Gasteiger partial charge in [0.05, 0.1) is 45.2 Å². The summed E-state index contributed by atoms with van der Waals surface area (Å²) in [5.74, 6) is 1.11. The summed E-state index contributed by atoms with van der Waals surface area (Å²) in [6, 6.07) is 11.9. The number of furan rings is 2. The number of amides is 1. The second-order valence-corrected chi connectivity index (χ2v) is 7.14. The van der Waals surface area contributed by atoms with E-state index in [-0.39, 0.29) is 12.3 Å². The van der Waals surface area contributed by atoms with E-state index in [0.29, 0.717) is 34.0 Å². The van der Waals surface area contributed by atoms with Gasteiger partial charge in [0.2, 0.25) is 0 Å². The summed E-state index contributed by atoms with van der Waals surface area (Å²) in [6.07, 6.45) is 4.31. The minimum Gasteiger partial charge on any atom is -0.497 e. The fourth-order valence-electron chi connectivity index (χ4n) is 3.47. The van der Waals surface area contributed by atoms with Gasteiger partial charge >= 0.3 is 0 Å². The van der Waals surface area contributed by atoms with E-state index in [1.807, 2.05) is 0 Å². The summed E-state index contributed by atoms with van der Waals surface area (Å²) in [4.78, 5) is 13.0. The molecule has 4 aromatic rings. The van der Waals surface area contributed by atoms with E-state index >= 15 is 0 Å². The molecule has 0 saturated heterocycles. The Morgan fingerprint density at radius 1 is 1.19 bits per heavy atom. The van der Waals surface area contributed by atoms with Crippen LogP contribution >= 0.6 is 0 Å². The first-order valence-corrected chi connectivity index (χ1v) is 9.80. The third-order valence-corrected chi connectivity index (χ3v) is 5.23. The van der Waals surface area contributed by atoms with E-state index < -0.39 is 11.5 Å². The molecular formula is C23H23N3O6. The average molecular weight is 437 g/mol. The smallest absolute Gasteiger partial charge is 0.269 e. The Bertz CT molecular complexity index is 1160. The molecule has 1 atom stereocenters. The van der Waals surface area contributed by atoms with Crippen LogP contribution in [0, 0.1) is 0 Å². The predicted octanol–water partition coefficient (Wildman–Crippen LogP) is 2.96. The van der Waals surface area contributed by atoms with Crippen molar-refractivity contribution in [2.75, 3.05) is 20.8 Å². The lowest BCUT2D eigenvalue weighted by atomic mass is 9.93. The minimum absolute atomic E-state index is 0.137. The highest BCUT2D eigenvalue weighted by Gasteiger charge is 2.36. The highest BCUT2D eigenvalue weighted by atomic mass is 16.5. The largest absolute Gasteiger partial charge is 0.497 e. The number of methoxy groups -OCH3 is 2. The Morgan fingerprint density at radius 3 is 2.69 bits per heavy atom. The Labute approximate surface area is 184 Å². The fourth-order valence-corrected chi connectivity index (χ4v) is 3.47. The number of carbonyl (C=O) groups is 1. The standard InChI is InChI=1S/C23H23N3O6/c1-26-19(12-18(25-26)17-11-16(29-2)6-7-20(17)30-3)22(27)24-14-23(28,15-8-10-31-13-15)21-5-4-9-32-21/h4-13,28H,14H2,1-3H3,(H,24,27)/t23-/m1/s1. The third-order valence-electron chi connectivity index (χ3n) is 5.23. The first-order valence-electron chi connectivity index (χ1n) is 9.80. The quantitative estimate of drug-likeness (QED) is 0.436. The molecule has 2 N–H and O–H groups in total. The Kier molecular flexibility index (Phi) is 5.74. The van der Waals surface area contributed by atoms with Gasteiger partial charge in [-0.25, -0.2) is 0 Å². The summed E-state index contributed by atoms with van der Waals surface area (Å²) >= 11 is 0. The lowest BCUT2D eigenvalue weighted by Crippen LogP contribution is -2.41. The molecule has 9 heteroatoms. The Morgan fingerprint density at radius 2 is 2.03 bits per heavy atom. The molecular weight excluding hydrogens is 414 g/mol. The predicted molar refractivity (Wildman–Crippen MR) is 114 cm³/mol. The highest BCUT2D eigenvalue weighted by molar-refractivity contribution is 5.94. The number of hydrogen-bond donors (Lipinski definition) is 2. The average Bonchev–Trinajstić information content (AvgIpc) is 3.59. The first kappa shape index (κ1) is 21.3. The maximum absolute atomic E-state index is 13.0. The topological polar surface area (TPSA) is 112 Å². The maximum atomic E-state index is 13.0. The van der Waals surface area contributed by atoms with Crippen LogP contribution in [0.5, 0.6) is 11.5 Å². The molecule has 4 rings (SSSR count). The van der Waals surface area contributed by atoms with Gasteiger partial charge in [0, 0.05) is 18.2 Å². The number of ether oxygens (including phenoxy) is 2. The van der Waals surface area contributed by atoms with Gasteiger partial charge in [0.15, 0.2) is 5.60 Å². The van der Waals surface area contributed by atoms with Crippen molar-refractivity contribution in [3.63, 3.8) is 0 Å².